The Kier molecular flexibility index (Phi) is 4.84. The van der Waals surface area contributed by atoms with Gasteiger partial charge in [0.05, 0.1) is 24.0 Å². The number of aryl methyl sites for hydroxylation is 2. The van der Waals surface area contributed by atoms with Gasteiger partial charge in [-0.15, -0.1) is 0 Å². The Morgan fingerprint density at radius 3 is 2.44 bits per heavy atom. The molecule has 0 fully saturated rings. The normalized spacial score (nSPS) is 10.2. The molecule has 2 aromatic rings. The second-order valence-electron chi connectivity index (χ2n) is 5.82. The monoisotopic (exact) mass is 340 g/mol. The average Bonchev–Trinajstić information content (AvgIpc) is 2.86. The summed E-state index contributed by atoms with van der Waals surface area (Å²) in [6.45, 7) is 7.04. The van der Waals surface area contributed by atoms with Crippen LogP contribution in [-0.2, 0) is 9.53 Å². The van der Waals surface area contributed by atoms with Crippen LogP contribution < -0.4 is 11.1 Å². The minimum atomic E-state index is -0.639. The van der Waals surface area contributed by atoms with Gasteiger partial charge in [0, 0.05) is 18.8 Å². The van der Waals surface area contributed by atoms with E-state index in [2.05, 4.69) is 5.32 Å². The van der Waals surface area contributed by atoms with Crippen LogP contribution in [0, 0.1) is 32.1 Å². The van der Waals surface area contributed by atoms with Crippen LogP contribution in [0.15, 0.2) is 12.3 Å². The van der Waals surface area contributed by atoms with Gasteiger partial charge in [-0.25, -0.2) is 4.79 Å². The molecule has 7 nitrogen and oxygen atoms in total. The lowest BCUT2D eigenvalue weighted by molar-refractivity contribution is -0.114. The summed E-state index contributed by atoms with van der Waals surface area (Å²) in [5.74, 6) is -0.835. The summed E-state index contributed by atoms with van der Waals surface area (Å²) in [5.41, 5.74) is 10.2. The quantitative estimate of drug-likeness (QED) is 0.835. The summed E-state index contributed by atoms with van der Waals surface area (Å²) in [5, 5.41) is 12.1. The average molecular weight is 340 g/mol. The number of nitriles is 1. The Hall–Kier alpha value is -3.27. The summed E-state index contributed by atoms with van der Waals surface area (Å²) in [7, 11) is 1.25. The third-order valence-electron chi connectivity index (χ3n) is 4.02. The minimum absolute atomic E-state index is 0.0646. The maximum absolute atomic E-state index is 12.2. The van der Waals surface area contributed by atoms with E-state index in [-0.39, 0.29) is 22.9 Å². The molecule has 130 valence electrons. The van der Waals surface area contributed by atoms with Gasteiger partial charge in [-0.2, -0.15) is 5.26 Å². The van der Waals surface area contributed by atoms with Crippen molar-refractivity contribution in [3.05, 3.63) is 40.2 Å². The van der Waals surface area contributed by atoms with E-state index >= 15 is 0 Å². The molecule has 1 heterocycles. The van der Waals surface area contributed by atoms with E-state index in [4.69, 9.17) is 10.5 Å². The second-order valence-corrected chi connectivity index (χ2v) is 5.82. The van der Waals surface area contributed by atoms with Gasteiger partial charge in [0.2, 0.25) is 5.91 Å². The number of nitrogens with two attached hydrogens (primary N) is 1. The minimum Gasteiger partial charge on any atom is -0.464 e. The molecule has 0 aliphatic carbocycles. The first kappa shape index (κ1) is 18.1. The van der Waals surface area contributed by atoms with Crippen molar-refractivity contribution >= 4 is 23.3 Å². The first-order valence-corrected chi connectivity index (χ1v) is 7.60. The third kappa shape index (κ3) is 3.06. The lowest BCUT2D eigenvalue weighted by Crippen LogP contribution is -2.15. The SMILES string of the molecule is COC(=O)c1c(N)c(C#N)cn1-c1c(C)cc(C)c(NC(C)=O)c1C. The lowest BCUT2D eigenvalue weighted by Gasteiger charge is -2.19. The highest BCUT2D eigenvalue weighted by molar-refractivity contribution is 5.97. The molecule has 0 radical (unpaired) electrons. The number of anilines is 2. The number of hydrogen-bond donors (Lipinski definition) is 2. The summed E-state index contributed by atoms with van der Waals surface area (Å²) >= 11 is 0. The van der Waals surface area contributed by atoms with Gasteiger partial charge in [0.15, 0.2) is 5.69 Å². The molecule has 0 aliphatic rings. The van der Waals surface area contributed by atoms with Gasteiger partial charge in [0.1, 0.15) is 6.07 Å². The van der Waals surface area contributed by atoms with Crippen LogP contribution in [0.5, 0.6) is 0 Å². The van der Waals surface area contributed by atoms with Crippen molar-refractivity contribution in [1.82, 2.24) is 4.57 Å². The van der Waals surface area contributed by atoms with E-state index in [1.165, 1.54) is 20.2 Å². The van der Waals surface area contributed by atoms with Crippen LogP contribution in [-0.4, -0.2) is 23.6 Å². The molecule has 1 aromatic carbocycles. The fourth-order valence-electron chi connectivity index (χ4n) is 3.01. The van der Waals surface area contributed by atoms with Crippen molar-refractivity contribution in [3.63, 3.8) is 0 Å². The van der Waals surface area contributed by atoms with Crippen LogP contribution in [0.4, 0.5) is 11.4 Å². The van der Waals surface area contributed by atoms with Crippen LogP contribution in [0.2, 0.25) is 0 Å². The Morgan fingerprint density at radius 2 is 1.92 bits per heavy atom. The maximum Gasteiger partial charge on any atom is 0.357 e. The van der Waals surface area contributed by atoms with E-state index in [0.29, 0.717) is 11.4 Å². The van der Waals surface area contributed by atoms with Crippen molar-refractivity contribution in [3.8, 4) is 11.8 Å². The van der Waals surface area contributed by atoms with Crippen molar-refractivity contribution in [2.45, 2.75) is 27.7 Å². The molecule has 0 bridgehead atoms. The maximum atomic E-state index is 12.2. The van der Waals surface area contributed by atoms with Gasteiger partial charge in [-0.1, -0.05) is 6.07 Å². The number of esters is 1. The molecule has 0 saturated carbocycles. The van der Waals surface area contributed by atoms with Crippen LogP contribution >= 0.6 is 0 Å². The molecule has 3 N–H and O–H groups in total. The number of carbonyl (C=O) groups is 2. The van der Waals surface area contributed by atoms with E-state index in [0.717, 1.165) is 16.7 Å². The number of rotatable bonds is 3. The lowest BCUT2D eigenvalue weighted by atomic mass is 10.0. The van der Waals surface area contributed by atoms with Crippen LogP contribution in [0.25, 0.3) is 5.69 Å². The molecule has 25 heavy (non-hydrogen) atoms. The number of ether oxygens (including phenoxy) is 1. The first-order valence-electron chi connectivity index (χ1n) is 7.60. The summed E-state index contributed by atoms with van der Waals surface area (Å²) in [6, 6.07) is 3.88. The topological polar surface area (TPSA) is 110 Å². The molecule has 7 heteroatoms. The molecule has 0 spiro atoms. The van der Waals surface area contributed by atoms with Crippen LogP contribution in [0.3, 0.4) is 0 Å². The fourth-order valence-corrected chi connectivity index (χ4v) is 3.01. The predicted octanol–water partition coefficient (Wildman–Crippen LogP) is 2.60. The van der Waals surface area contributed by atoms with Gasteiger partial charge in [-0.05, 0) is 37.5 Å². The number of aromatic nitrogens is 1. The Labute approximate surface area is 146 Å². The molecular weight excluding hydrogens is 320 g/mol. The molecule has 2 rings (SSSR count). The zero-order valence-corrected chi connectivity index (χ0v) is 14.9. The van der Waals surface area contributed by atoms with Crippen molar-refractivity contribution in [2.24, 2.45) is 0 Å². The molecule has 0 saturated heterocycles. The number of nitrogens with one attached hydrogen (secondary N) is 1. The van der Waals surface area contributed by atoms with Crippen molar-refractivity contribution in [1.29, 1.82) is 5.26 Å². The largest absolute Gasteiger partial charge is 0.464 e. The number of methoxy groups -OCH3 is 1. The second kappa shape index (κ2) is 6.69. The highest BCUT2D eigenvalue weighted by Crippen LogP contribution is 2.33. The fraction of sp³-hybridized carbons (Fsp3) is 0.278. The zero-order valence-electron chi connectivity index (χ0n) is 14.9. The molecule has 1 amide bonds. The molecular formula is C18H20N4O3. The number of carbonyl (C=O) groups excluding carboxylic acids is 2. The number of benzene rings is 1. The highest BCUT2D eigenvalue weighted by Gasteiger charge is 2.24. The Balaban J connectivity index is 2.86. The summed E-state index contributed by atoms with van der Waals surface area (Å²) < 4.78 is 6.37. The third-order valence-corrected chi connectivity index (χ3v) is 4.02. The van der Waals surface area contributed by atoms with Gasteiger partial charge >= 0.3 is 5.97 Å². The van der Waals surface area contributed by atoms with Crippen molar-refractivity contribution < 1.29 is 14.3 Å². The Morgan fingerprint density at radius 1 is 1.28 bits per heavy atom. The standard InChI is InChI=1S/C18H20N4O3/c1-9-6-10(2)16(11(3)15(9)21-12(4)23)22-8-13(7-19)14(20)17(22)18(24)25-5/h6,8H,20H2,1-5H3,(H,21,23). The first-order chi connectivity index (χ1) is 11.7. The smallest absolute Gasteiger partial charge is 0.357 e. The molecule has 0 aliphatic heterocycles. The van der Waals surface area contributed by atoms with E-state index < -0.39 is 5.97 Å². The molecule has 0 unspecified atom stereocenters. The number of nitrogen functional groups attached to an aromatic ring is 1. The van der Waals surface area contributed by atoms with E-state index in [1.54, 1.807) is 4.57 Å². The van der Waals surface area contributed by atoms with Crippen molar-refractivity contribution in [2.75, 3.05) is 18.2 Å². The Bertz CT molecular complexity index is 920. The van der Waals surface area contributed by atoms with Gasteiger partial charge in [-0.3, -0.25) is 4.79 Å². The van der Waals surface area contributed by atoms with E-state index in [9.17, 15) is 14.9 Å². The van der Waals surface area contributed by atoms with E-state index in [1.807, 2.05) is 32.9 Å². The predicted molar refractivity (Wildman–Crippen MR) is 94.8 cm³/mol. The van der Waals surface area contributed by atoms with Crippen LogP contribution in [0.1, 0.15) is 39.7 Å². The number of nitrogens with zero attached hydrogens (tertiary/aromatic N) is 2. The number of hydrogen-bond acceptors (Lipinski definition) is 5. The highest BCUT2D eigenvalue weighted by atomic mass is 16.5. The molecule has 1 aromatic heterocycles. The summed E-state index contributed by atoms with van der Waals surface area (Å²) in [4.78, 5) is 23.7. The van der Waals surface area contributed by atoms with Gasteiger partial charge in [0.25, 0.3) is 0 Å². The van der Waals surface area contributed by atoms with Gasteiger partial charge < -0.3 is 20.4 Å². The number of amides is 1. The summed E-state index contributed by atoms with van der Waals surface area (Å²) in [6.07, 6.45) is 1.50. The molecule has 0 atom stereocenters. The zero-order chi connectivity index (χ0) is 18.9.